The molecule has 0 bridgehead atoms. The van der Waals surface area contributed by atoms with Crippen LogP contribution in [0.4, 0.5) is 5.82 Å². The summed E-state index contributed by atoms with van der Waals surface area (Å²) in [5, 5.41) is 21.4. The Morgan fingerprint density at radius 2 is 2.03 bits per heavy atom. The molecule has 0 unspecified atom stereocenters. The van der Waals surface area contributed by atoms with Crippen molar-refractivity contribution in [2.75, 3.05) is 20.0 Å². The highest BCUT2D eigenvalue weighted by molar-refractivity contribution is 7.13. The van der Waals surface area contributed by atoms with Gasteiger partial charge in [-0.25, -0.2) is 10.1 Å². The molecule has 0 spiro atoms. The minimum atomic E-state index is -0.561. The molecule has 3 heterocycles. The molecule has 0 aliphatic heterocycles. The van der Waals surface area contributed by atoms with E-state index in [1.807, 2.05) is 17.5 Å². The number of nitrogens with two attached hydrogens (primary N) is 1. The van der Waals surface area contributed by atoms with Crippen LogP contribution in [0.2, 0.25) is 0 Å². The number of nitrogen functional groups attached to an aromatic ring is 1. The fourth-order valence-corrected chi connectivity index (χ4v) is 3.62. The largest absolute Gasteiger partial charge is 0.493 e. The number of ether oxygens (including phenoxy) is 2. The maximum atomic E-state index is 12.9. The van der Waals surface area contributed by atoms with E-state index in [0.29, 0.717) is 22.9 Å². The second-order valence-corrected chi connectivity index (χ2v) is 7.30. The minimum absolute atomic E-state index is 0.0157. The normalized spacial score (nSPS) is 11.4. The Morgan fingerprint density at radius 1 is 1.22 bits per heavy atom. The number of nitrogens with one attached hydrogen (secondary N) is 1. The van der Waals surface area contributed by atoms with Gasteiger partial charge in [0.15, 0.2) is 17.2 Å². The number of carbonyl (C=O) groups is 1. The number of hydrogen-bond acceptors (Lipinski definition) is 11. The Balaban J connectivity index is 1.64. The van der Waals surface area contributed by atoms with Gasteiger partial charge in [-0.3, -0.25) is 4.79 Å². The molecule has 0 aliphatic carbocycles. The monoisotopic (exact) mass is 454 g/mol. The molecule has 3 N–H and O–H groups in total. The second kappa shape index (κ2) is 8.85. The van der Waals surface area contributed by atoms with E-state index in [-0.39, 0.29) is 17.3 Å². The lowest BCUT2D eigenvalue weighted by Gasteiger charge is -2.09. The molecule has 1 aromatic carbocycles. The predicted molar refractivity (Wildman–Crippen MR) is 116 cm³/mol. The van der Waals surface area contributed by atoms with Gasteiger partial charge in [0.25, 0.3) is 5.91 Å². The molecule has 0 saturated carbocycles. The van der Waals surface area contributed by atoms with Gasteiger partial charge in [-0.05, 0) is 46.9 Å². The van der Waals surface area contributed by atoms with Crippen molar-refractivity contribution >= 4 is 28.8 Å². The fraction of sp³-hybridized carbons (Fsp3) is 0.158. The van der Waals surface area contributed by atoms with Crippen molar-refractivity contribution in [3.05, 3.63) is 47.0 Å². The predicted octanol–water partition coefficient (Wildman–Crippen LogP) is 2.13. The minimum Gasteiger partial charge on any atom is -0.493 e. The van der Waals surface area contributed by atoms with Crippen molar-refractivity contribution in [3.63, 3.8) is 0 Å². The van der Waals surface area contributed by atoms with E-state index in [1.54, 1.807) is 39.3 Å². The number of nitrogens with zero attached hydrogens (tertiary/aromatic N) is 6. The molecule has 4 rings (SSSR count). The van der Waals surface area contributed by atoms with Gasteiger partial charge < -0.3 is 15.2 Å². The number of amides is 1. The number of thiophene rings is 1. The zero-order valence-electron chi connectivity index (χ0n) is 17.3. The number of carbonyl (C=O) groups excluding carboxylic acids is 1. The Kier molecular flexibility index (Phi) is 5.81. The summed E-state index contributed by atoms with van der Waals surface area (Å²) >= 11 is 1.40. The average molecular weight is 454 g/mol. The highest BCUT2D eigenvalue weighted by atomic mass is 32.1. The highest BCUT2D eigenvalue weighted by Crippen LogP contribution is 2.30. The van der Waals surface area contributed by atoms with E-state index in [1.165, 1.54) is 16.0 Å². The zero-order valence-corrected chi connectivity index (χ0v) is 18.1. The number of aromatic nitrogens is 5. The zero-order chi connectivity index (χ0) is 22.7. The number of benzene rings is 1. The first-order valence-corrected chi connectivity index (χ1v) is 10.1. The first-order valence-electron chi connectivity index (χ1n) is 9.18. The van der Waals surface area contributed by atoms with Crippen molar-refractivity contribution in [1.82, 2.24) is 30.7 Å². The molecule has 164 valence electrons. The third kappa shape index (κ3) is 3.88. The molecule has 0 saturated heterocycles. The first-order chi connectivity index (χ1) is 15.5. The molecule has 13 heteroatoms. The van der Waals surface area contributed by atoms with Crippen molar-refractivity contribution in [3.8, 4) is 27.9 Å². The quantitative estimate of drug-likeness (QED) is 0.315. The van der Waals surface area contributed by atoms with Crippen LogP contribution in [0, 0.1) is 0 Å². The molecule has 32 heavy (non-hydrogen) atoms. The van der Waals surface area contributed by atoms with E-state index in [9.17, 15) is 4.79 Å². The number of hydrazone groups is 1. The molecular formula is C19H18N8O4S. The van der Waals surface area contributed by atoms with Crippen molar-refractivity contribution in [2.24, 2.45) is 5.10 Å². The summed E-state index contributed by atoms with van der Waals surface area (Å²) in [6.07, 6.45) is 0. The van der Waals surface area contributed by atoms with E-state index >= 15 is 0 Å². The lowest BCUT2D eigenvalue weighted by molar-refractivity contribution is 0.0950. The van der Waals surface area contributed by atoms with Gasteiger partial charge >= 0.3 is 0 Å². The smallest absolute Gasteiger partial charge is 0.294 e. The number of anilines is 1. The number of rotatable bonds is 7. The van der Waals surface area contributed by atoms with Gasteiger partial charge in [0.1, 0.15) is 5.69 Å². The van der Waals surface area contributed by atoms with Gasteiger partial charge in [-0.15, -0.1) is 16.4 Å². The van der Waals surface area contributed by atoms with Crippen LogP contribution in [0.1, 0.15) is 23.0 Å². The number of hydrogen-bond donors (Lipinski definition) is 2. The molecule has 4 aromatic rings. The molecule has 1 amide bonds. The van der Waals surface area contributed by atoms with Crippen molar-refractivity contribution < 1.29 is 18.9 Å². The van der Waals surface area contributed by atoms with E-state index < -0.39 is 5.91 Å². The van der Waals surface area contributed by atoms with Gasteiger partial charge in [0.05, 0.1) is 24.8 Å². The van der Waals surface area contributed by atoms with Gasteiger partial charge in [-0.2, -0.15) is 9.78 Å². The second-order valence-electron chi connectivity index (χ2n) is 6.36. The van der Waals surface area contributed by atoms with Crippen molar-refractivity contribution in [1.29, 1.82) is 0 Å². The third-order valence-electron chi connectivity index (χ3n) is 4.46. The van der Waals surface area contributed by atoms with Crippen LogP contribution in [-0.4, -0.2) is 51.1 Å². The van der Waals surface area contributed by atoms with Crippen LogP contribution >= 0.6 is 11.3 Å². The summed E-state index contributed by atoms with van der Waals surface area (Å²) in [7, 11) is 3.10. The molecule has 0 atom stereocenters. The summed E-state index contributed by atoms with van der Waals surface area (Å²) in [5.41, 5.74) is 10.0. The summed E-state index contributed by atoms with van der Waals surface area (Å²) in [4.78, 5) is 13.6. The molecule has 0 aliphatic rings. The van der Waals surface area contributed by atoms with Gasteiger partial charge in [-0.1, -0.05) is 11.3 Å². The summed E-state index contributed by atoms with van der Waals surface area (Å²) in [6, 6.07) is 8.98. The van der Waals surface area contributed by atoms with E-state index in [2.05, 4.69) is 35.8 Å². The Labute approximate surface area is 185 Å². The van der Waals surface area contributed by atoms with Crippen LogP contribution in [0.25, 0.3) is 16.4 Å². The summed E-state index contributed by atoms with van der Waals surface area (Å²) in [6.45, 7) is 1.75. The van der Waals surface area contributed by atoms with Crippen molar-refractivity contribution in [2.45, 2.75) is 6.92 Å². The molecule has 12 nitrogen and oxygen atoms in total. The topological polar surface area (TPSA) is 156 Å². The third-order valence-corrected chi connectivity index (χ3v) is 5.34. The van der Waals surface area contributed by atoms with Crippen LogP contribution in [0.5, 0.6) is 11.5 Å². The summed E-state index contributed by atoms with van der Waals surface area (Å²) in [5.74, 6) is 0.723. The molecule has 3 aromatic heterocycles. The fourth-order valence-electron chi connectivity index (χ4n) is 2.87. The lowest BCUT2D eigenvalue weighted by atomic mass is 10.1. The molecular weight excluding hydrogens is 436 g/mol. The Morgan fingerprint density at radius 3 is 2.69 bits per heavy atom. The Bertz CT molecular complexity index is 1280. The van der Waals surface area contributed by atoms with Gasteiger partial charge in [0, 0.05) is 5.56 Å². The first kappa shape index (κ1) is 21.0. The SMILES string of the molecule is COc1ccc(C(C)=NNC(=O)c2nnn(-c3nonc3N)c2-c2cccs2)cc1OC. The molecule has 0 fully saturated rings. The van der Waals surface area contributed by atoms with Crippen LogP contribution in [0.3, 0.4) is 0 Å². The maximum Gasteiger partial charge on any atom is 0.294 e. The lowest BCUT2D eigenvalue weighted by Crippen LogP contribution is -2.20. The maximum absolute atomic E-state index is 12.9. The van der Waals surface area contributed by atoms with E-state index in [4.69, 9.17) is 15.2 Å². The average Bonchev–Trinajstić information content (AvgIpc) is 3.56. The van der Waals surface area contributed by atoms with Gasteiger partial charge in [0.2, 0.25) is 11.6 Å². The van der Waals surface area contributed by atoms with Crippen LogP contribution in [-0.2, 0) is 0 Å². The summed E-state index contributed by atoms with van der Waals surface area (Å²) < 4.78 is 16.5. The number of methoxy groups -OCH3 is 2. The Hall–Kier alpha value is -4.26. The van der Waals surface area contributed by atoms with Crippen LogP contribution in [0.15, 0.2) is 45.4 Å². The highest BCUT2D eigenvalue weighted by Gasteiger charge is 2.25. The van der Waals surface area contributed by atoms with E-state index in [0.717, 1.165) is 10.4 Å². The molecule has 0 radical (unpaired) electrons. The standard InChI is InChI=1S/C19H18N8O4S/c1-10(11-6-7-12(29-2)13(9-11)30-3)21-23-19(28)15-16(14-5-4-8-32-14)27(26-22-15)18-17(20)24-31-25-18/h4-9H,1-3H3,(H2,20,24)(H,23,28). The van der Waals surface area contributed by atoms with Crippen LogP contribution < -0.4 is 20.6 Å².